The molecule has 1 aliphatic rings. The van der Waals surface area contributed by atoms with Crippen molar-refractivity contribution in [2.45, 2.75) is 13.1 Å². The van der Waals surface area contributed by atoms with Crippen molar-refractivity contribution in [1.29, 1.82) is 0 Å². The number of hydrogen-bond acceptors (Lipinski definition) is 5. The van der Waals surface area contributed by atoms with Crippen LogP contribution in [0.2, 0.25) is 0 Å². The zero-order valence-corrected chi connectivity index (χ0v) is 12.4. The Morgan fingerprint density at radius 2 is 2.10 bits per heavy atom. The zero-order valence-electron chi connectivity index (χ0n) is 10.8. The average molecular weight is 336 g/mol. The van der Waals surface area contributed by atoms with Crippen LogP contribution >= 0.6 is 15.9 Å². The van der Waals surface area contributed by atoms with E-state index in [4.69, 9.17) is 9.47 Å². The lowest BCUT2D eigenvalue weighted by molar-refractivity contribution is 0.170. The van der Waals surface area contributed by atoms with Gasteiger partial charge in [0.2, 0.25) is 0 Å². The highest BCUT2D eigenvalue weighted by Gasteiger charge is 2.16. The van der Waals surface area contributed by atoms with E-state index >= 15 is 0 Å². The van der Waals surface area contributed by atoms with E-state index in [2.05, 4.69) is 31.4 Å². The molecular formula is C14H14BrN3O2. The normalized spacial score (nSPS) is 13.2. The van der Waals surface area contributed by atoms with Gasteiger partial charge in [-0.1, -0.05) is 0 Å². The highest BCUT2D eigenvalue weighted by molar-refractivity contribution is 9.10. The molecule has 0 unspecified atom stereocenters. The highest BCUT2D eigenvalue weighted by atomic mass is 79.9. The molecule has 0 saturated carbocycles. The Morgan fingerprint density at radius 1 is 1.20 bits per heavy atom. The molecule has 2 aromatic rings. The van der Waals surface area contributed by atoms with Crippen molar-refractivity contribution in [3.05, 3.63) is 46.2 Å². The summed E-state index contributed by atoms with van der Waals surface area (Å²) in [5.41, 5.74) is 2.05. The number of fused-ring (bicyclic) bond motifs is 1. The molecule has 0 bridgehead atoms. The van der Waals surface area contributed by atoms with E-state index in [0.29, 0.717) is 19.8 Å². The molecule has 20 heavy (non-hydrogen) atoms. The molecular weight excluding hydrogens is 322 g/mol. The van der Waals surface area contributed by atoms with Crippen LogP contribution in [0.5, 0.6) is 11.5 Å². The summed E-state index contributed by atoms with van der Waals surface area (Å²) in [6.07, 6.45) is 1.67. The van der Waals surface area contributed by atoms with Gasteiger partial charge in [0.05, 0.1) is 10.2 Å². The van der Waals surface area contributed by atoms with Gasteiger partial charge in [-0.05, 0) is 45.8 Å². The van der Waals surface area contributed by atoms with Crippen LogP contribution in [-0.4, -0.2) is 23.4 Å². The Kier molecular flexibility index (Phi) is 4.13. The topological polar surface area (TPSA) is 56.3 Å². The monoisotopic (exact) mass is 335 g/mol. The second kappa shape index (κ2) is 6.19. The quantitative estimate of drug-likeness (QED) is 0.929. The lowest BCUT2D eigenvalue weighted by atomic mass is 10.2. The van der Waals surface area contributed by atoms with Crippen LogP contribution in [0.1, 0.15) is 11.3 Å². The molecule has 104 valence electrons. The Balaban J connectivity index is 1.64. The first-order valence-electron chi connectivity index (χ1n) is 6.38. The van der Waals surface area contributed by atoms with Crippen molar-refractivity contribution >= 4 is 15.9 Å². The van der Waals surface area contributed by atoms with Gasteiger partial charge in [0, 0.05) is 19.3 Å². The van der Waals surface area contributed by atoms with Gasteiger partial charge in [0.1, 0.15) is 13.2 Å². The summed E-state index contributed by atoms with van der Waals surface area (Å²) in [4.78, 5) is 0. The highest BCUT2D eigenvalue weighted by Crippen LogP contribution is 2.38. The van der Waals surface area contributed by atoms with Crippen LogP contribution in [0.15, 0.2) is 34.9 Å². The summed E-state index contributed by atoms with van der Waals surface area (Å²) in [5.74, 6) is 1.58. The first kappa shape index (κ1) is 13.3. The molecule has 0 fully saturated rings. The largest absolute Gasteiger partial charge is 0.486 e. The maximum Gasteiger partial charge on any atom is 0.175 e. The smallest absolute Gasteiger partial charge is 0.175 e. The van der Waals surface area contributed by atoms with Gasteiger partial charge in [-0.2, -0.15) is 10.2 Å². The second-order valence-electron chi connectivity index (χ2n) is 4.42. The van der Waals surface area contributed by atoms with Crippen LogP contribution in [0, 0.1) is 0 Å². The minimum Gasteiger partial charge on any atom is -0.486 e. The molecule has 0 spiro atoms. The molecule has 6 heteroatoms. The van der Waals surface area contributed by atoms with Crippen LogP contribution in [0.4, 0.5) is 0 Å². The summed E-state index contributed by atoms with van der Waals surface area (Å²) in [7, 11) is 0. The van der Waals surface area contributed by atoms with Gasteiger partial charge in [-0.15, -0.1) is 0 Å². The van der Waals surface area contributed by atoms with Crippen molar-refractivity contribution in [3.8, 4) is 11.5 Å². The minimum atomic E-state index is 0.593. The van der Waals surface area contributed by atoms with Gasteiger partial charge < -0.3 is 14.8 Å². The maximum atomic E-state index is 5.60. The minimum absolute atomic E-state index is 0.593. The summed E-state index contributed by atoms with van der Waals surface area (Å²) in [6, 6.07) is 7.87. The van der Waals surface area contributed by atoms with Gasteiger partial charge in [0.15, 0.2) is 11.5 Å². The lowest BCUT2D eigenvalue weighted by Gasteiger charge is -2.20. The Labute approximate surface area is 125 Å². The van der Waals surface area contributed by atoms with Crippen molar-refractivity contribution in [1.82, 2.24) is 15.5 Å². The third-order valence-electron chi connectivity index (χ3n) is 2.92. The third-order valence-corrected chi connectivity index (χ3v) is 3.51. The first-order valence-corrected chi connectivity index (χ1v) is 7.17. The van der Waals surface area contributed by atoms with E-state index in [9.17, 15) is 0 Å². The van der Waals surface area contributed by atoms with Gasteiger partial charge in [-0.3, -0.25) is 0 Å². The predicted molar refractivity (Wildman–Crippen MR) is 77.7 cm³/mol. The van der Waals surface area contributed by atoms with Crippen molar-refractivity contribution < 1.29 is 9.47 Å². The molecule has 1 aromatic heterocycles. The second-order valence-corrected chi connectivity index (χ2v) is 5.27. The summed E-state index contributed by atoms with van der Waals surface area (Å²) in [5, 5.41) is 11.2. The Morgan fingerprint density at radius 3 is 2.95 bits per heavy atom. The zero-order chi connectivity index (χ0) is 13.8. The number of hydrogen-bond donors (Lipinski definition) is 1. The first-order chi connectivity index (χ1) is 9.83. The van der Waals surface area contributed by atoms with E-state index in [1.807, 2.05) is 24.3 Å². The fourth-order valence-corrected chi connectivity index (χ4v) is 2.63. The molecule has 2 heterocycles. The van der Waals surface area contributed by atoms with Crippen LogP contribution in [0.3, 0.4) is 0 Å². The molecule has 1 aliphatic heterocycles. The number of rotatable bonds is 4. The molecule has 5 nitrogen and oxygen atoms in total. The number of nitrogens with one attached hydrogen (secondary N) is 1. The van der Waals surface area contributed by atoms with Gasteiger partial charge in [-0.25, -0.2) is 0 Å². The Hall–Kier alpha value is -1.66. The fourth-order valence-electron chi connectivity index (χ4n) is 2.03. The molecule has 0 atom stereocenters. The molecule has 0 amide bonds. The van der Waals surface area contributed by atoms with Crippen molar-refractivity contribution in [2.24, 2.45) is 0 Å². The molecule has 0 saturated heterocycles. The molecule has 1 N–H and O–H groups in total. The number of benzene rings is 1. The van der Waals surface area contributed by atoms with E-state index in [1.165, 1.54) is 0 Å². The van der Waals surface area contributed by atoms with E-state index in [1.54, 1.807) is 6.20 Å². The van der Waals surface area contributed by atoms with Crippen molar-refractivity contribution in [2.75, 3.05) is 13.2 Å². The lowest BCUT2D eigenvalue weighted by Crippen LogP contribution is -2.17. The third kappa shape index (κ3) is 3.08. The number of ether oxygens (including phenoxy) is 2. The average Bonchev–Trinajstić information content (AvgIpc) is 2.48. The van der Waals surface area contributed by atoms with E-state index in [0.717, 1.165) is 33.8 Å². The Bertz CT molecular complexity index is 592. The SMILES string of the molecule is Brc1cc(CNCc2cccnn2)cc2c1OCCO2. The molecule has 0 radical (unpaired) electrons. The van der Waals surface area contributed by atoms with Gasteiger partial charge in [0.25, 0.3) is 0 Å². The number of aromatic nitrogens is 2. The van der Waals surface area contributed by atoms with Crippen LogP contribution in [0.25, 0.3) is 0 Å². The predicted octanol–water partition coefficient (Wildman–Crippen LogP) is 2.30. The van der Waals surface area contributed by atoms with Crippen LogP contribution in [-0.2, 0) is 13.1 Å². The number of nitrogens with zero attached hydrogens (tertiary/aromatic N) is 2. The van der Waals surface area contributed by atoms with Crippen LogP contribution < -0.4 is 14.8 Å². The summed E-state index contributed by atoms with van der Waals surface area (Å²) < 4.78 is 12.1. The molecule has 1 aromatic carbocycles. The summed E-state index contributed by atoms with van der Waals surface area (Å²) in [6.45, 7) is 2.59. The molecule has 3 rings (SSSR count). The van der Waals surface area contributed by atoms with Gasteiger partial charge >= 0.3 is 0 Å². The van der Waals surface area contributed by atoms with E-state index in [-0.39, 0.29) is 0 Å². The summed E-state index contributed by atoms with van der Waals surface area (Å²) >= 11 is 3.51. The molecule has 0 aliphatic carbocycles. The van der Waals surface area contributed by atoms with E-state index < -0.39 is 0 Å². The maximum absolute atomic E-state index is 5.60. The number of halogens is 1. The fraction of sp³-hybridized carbons (Fsp3) is 0.286. The standard InChI is InChI=1S/C14H14BrN3O2/c15-12-6-10(7-13-14(12)20-5-4-19-13)8-16-9-11-2-1-3-17-18-11/h1-3,6-7,16H,4-5,8-9H2. The van der Waals surface area contributed by atoms with Crippen molar-refractivity contribution in [3.63, 3.8) is 0 Å².